The standard InChI is InChI=1S/C5H5NO2.C2H6/c1-4(7)5-2-8-3-6-5;1-2/h2-3H,1H3;1-2H3. The minimum absolute atomic E-state index is 0.0706. The third kappa shape index (κ3) is 2.44. The Balaban J connectivity index is 0.000000371. The molecule has 10 heavy (non-hydrogen) atoms. The average Bonchev–Trinajstić information content (AvgIpc) is 2.42. The maximum atomic E-state index is 10.4. The molecule has 0 atom stereocenters. The molecule has 3 heteroatoms. The average molecular weight is 141 g/mol. The summed E-state index contributed by atoms with van der Waals surface area (Å²) < 4.78 is 4.54. The molecule has 1 heterocycles. The van der Waals surface area contributed by atoms with Crippen molar-refractivity contribution in [2.75, 3.05) is 0 Å². The van der Waals surface area contributed by atoms with Crippen LogP contribution in [0, 0.1) is 0 Å². The molecule has 1 aromatic heterocycles. The quantitative estimate of drug-likeness (QED) is 0.561. The molecule has 0 aromatic carbocycles. The summed E-state index contributed by atoms with van der Waals surface area (Å²) >= 11 is 0. The van der Waals surface area contributed by atoms with Gasteiger partial charge in [0.15, 0.2) is 12.2 Å². The molecule has 0 saturated carbocycles. The highest BCUT2D eigenvalue weighted by Crippen LogP contribution is 1.93. The van der Waals surface area contributed by atoms with E-state index in [9.17, 15) is 4.79 Å². The maximum Gasteiger partial charge on any atom is 0.181 e. The molecular formula is C7H11NO2. The first-order valence-corrected chi connectivity index (χ1v) is 3.20. The van der Waals surface area contributed by atoms with Gasteiger partial charge in [-0.2, -0.15) is 0 Å². The van der Waals surface area contributed by atoms with Crippen LogP contribution in [0.5, 0.6) is 0 Å². The molecule has 0 bridgehead atoms. The predicted molar refractivity (Wildman–Crippen MR) is 37.9 cm³/mol. The number of Topliss-reactive ketones (excluding diaryl/α,β-unsaturated/α-hetero) is 1. The highest BCUT2D eigenvalue weighted by Gasteiger charge is 1.98. The summed E-state index contributed by atoms with van der Waals surface area (Å²) in [6.07, 6.45) is 2.55. The monoisotopic (exact) mass is 141 g/mol. The minimum Gasteiger partial charge on any atom is -0.451 e. The zero-order valence-corrected chi connectivity index (χ0v) is 6.42. The Morgan fingerprint density at radius 2 is 2.20 bits per heavy atom. The molecule has 0 fully saturated rings. The van der Waals surface area contributed by atoms with Crippen LogP contribution in [-0.4, -0.2) is 10.8 Å². The molecule has 3 nitrogen and oxygen atoms in total. The summed E-state index contributed by atoms with van der Waals surface area (Å²) in [7, 11) is 0. The lowest BCUT2D eigenvalue weighted by Gasteiger charge is -1.76. The van der Waals surface area contributed by atoms with Crippen molar-refractivity contribution in [3.8, 4) is 0 Å². The largest absolute Gasteiger partial charge is 0.451 e. The molecule has 1 rings (SSSR count). The lowest BCUT2D eigenvalue weighted by atomic mass is 10.4. The van der Waals surface area contributed by atoms with Crippen LogP contribution in [0.2, 0.25) is 0 Å². The van der Waals surface area contributed by atoms with Crippen LogP contribution >= 0.6 is 0 Å². The van der Waals surface area contributed by atoms with E-state index in [0.29, 0.717) is 5.69 Å². The van der Waals surface area contributed by atoms with Crippen molar-refractivity contribution >= 4 is 5.78 Å². The summed E-state index contributed by atoms with van der Waals surface area (Å²) in [5.41, 5.74) is 0.380. The summed E-state index contributed by atoms with van der Waals surface area (Å²) in [5, 5.41) is 0. The Kier molecular flexibility index (Phi) is 4.20. The van der Waals surface area contributed by atoms with Gasteiger partial charge in [0.1, 0.15) is 12.0 Å². The SMILES string of the molecule is CC.CC(=O)c1cocn1. The van der Waals surface area contributed by atoms with E-state index in [0.717, 1.165) is 0 Å². The Bertz CT molecular complexity index is 179. The Morgan fingerprint density at radius 1 is 1.60 bits per heavy atom. The number of carbonyl (C=O) groups excluding carboxylic acids is 1. The minimum atomic E-state index is -0.0706. The van der Waals surface area contributed by atoms with Crippen LogP contribution in [0.1, 0.15) is 31.3 Å². The van der Waals surface area contributed by atoms with Gasteiger partial charge in [-0.3, -0.25) is 4.79 Å². The van der Waals surface area contributed by atoms with Crippen LogP contribution in [0.4, 0.5) is 0 Å². The number of hydrogen-bond acceptors (Lipinski definition) is 3. The second-order valence-electron chi connectivity index (χ2n) is 1.43. The second kappa shape index (κ2) is 4.73. The fourth-order valence-electron chi connectivity index (χ4n) is 0.386. The first-order valence-electron chi connectivity index (χ1n) is 3.20. The first kappa shape index (κ1) is 8.88. The van der Waals surface area contributed by atoms with Crippen molar-refractivity contribution in [2.45, 2.75) is 20.8 Å². The van der Waals surface area contributed by atoms with Crippen molar-refractivity contribution < 1.29 is 9.21 Å². The summed E-state index contributed by atoms with van der Waals surface area (Å²) in [5.74, 6) is -0.0706. The third-order valence-corrected chi connectivity index (χ3v) is 0.793. The van der Waals surface area contributed by atoms with Crippen LogP contribution < -0.4 is 0 Å². The highest BCUT2D eigenvalue weighted by molar-refractivity contribution is 5.91. The van der Waals surface area contributed by atoms with Crippen molar-refractivity contribution in [1.82, 2.24) is 4.98 Å². The van der Waals surface area contributed by atoms with Gasteiger partial charge in [0.05, 0.1) is 0 Å². The van der Waals surface area contributed by atoms with E-state index in [1.165, 1.54) is 19.6 Å². The number of carbonyl (C=O) groups is 1. The van der Waals surface area contributed by atoms with E-state index in [2.05, 4.69) is 9.40 Å². The molecule has 0 radical (unpaired) electrons. The van der Waals surface area contributed by atoms with Crippen LogP contribution in [0.3, 0.4) is 0 Å². The number of ketones is 1. The van der Waals surface area contributed by atoms with Gasteiger partial charge < -0.3 is 4.42 Å². The number of aromatic nitrogens is 1. The van der Waals surface area contributed by atoms with Gasteiger partial charge in [-0.25, -0.2) is 4.98 Å². The summed E-state index contributed by atoms with van der Waals surface area (Å²) in [6, 6.07) is 0. The van der Waals surface area contributed by atoms with Crippen molar-refractivity contribution in [3.63, 3.8) is 0 Å². The lowest BCUT2D eigenvalue weighted by molar-refractivity contribution is 0.101. The molecule has 0 N–H and O–H groups in total. The van der Waals surface area contributed by atoms with Crippen molar-refractivity contribution in [2.24, 2.45) is 0 Å². The second-order valence-corrected chi connectivity index (χ2v) is 1.43. The lowest BCUT2D eigenvalue weighted by Crippen LogP contribution is -1.89. The van der Waals surface area contributed by atoms with Crippen LogP contribution in [0.15, 0.2) is 17.1 Å². The predicted octanol–water partition coefficient (Wildman–Crippen LogP) is 1.90. The number of rotatable bonds is 1. The zero-order valence-electron chi connectivity index (χ0n) is 6.42. The van der Waals surface area contributed by atoms with E-state index in [1.54, 1.807) is 0 Å². The van der Waals surface area contributed by atoms with E-state index in [-0.39, 0.29) is 5.78 Å². The fraction of sp³-hybridized carbons (Fsp3) is 0.429. The topological polar surface area (TPSA) is 43.1 Å². The zero-order chi connectivity index (χ0) is 7.98. The van der Waals surface area contributed by atoms with Gasteiger partial charge in [0, 0.05) is 6.92 Å². The fourth-order valence-corrected chi connectivity index (χ4v) is 0.386. The first-order chi connectivity index (χ1) is 4.80. The number of nitrogens with zero attached hydrogens (tertiary/aromatic N) is 1. The number of oxazole rings is 1. The smallest absolute Gasteiger partial charge is 0.181 e. The van der Waals surface area contributed by atoms with Crippen LogP contribution in [0.25, 0.3) is 0 Å². The van der Waals surface area contributed by atoms with Gasteiger partial charge in [0.2, 0.25) is 0 Å². The molecule has 0 spiro atoms. The highest BCUT2D eigenvalue weighted by atomic mass is 16.3. The van der Waals surface area contributed by atoms with Gasteiger partial charge in [-0.05, 0) is 0 Å². The summed E-state index contributed by atoms with van der Waals surface area (Å²) in [6.45, 7) is 5.44. The Morgan fingerprint density at radius 3 is 2.40 bits per heavy atom. The molecule has 56 valence electrons. The normalized spacial score (nSPS) is 7.90. The molecule has 0 aliphatic rings. The summed E-state index contributed by atoms with van der Waals surface area (Å²) in [4.78, 5) is 14.0. The van der Waals surface area contributed by atoms with Gasteiger partial charge in [-0.15, -0.1) is 0 Å². The molecule has 1 aromatic rings. The van der Waals surface area contributed by atoms with Gasteiger partial charge in [0.25, 0.3) is 0 Å². The molecule has 0 unspecified atom stereocenters. The molecule has 0 aliphatic carbocycles. The Hall–Kier alpha value is -1.12. The van der Waals surface area contributed by atoms with Gasteiger partial charge >= 0.3 is 0 Å². The molecular weight excluding hydrogens is 130 g/mol. The van der Waals surface area contributed by atoms with Crippen LogP contribution in [-0.2, 0) is 0 Å². The van der Waals surface area contributed by atoms with Crippen molar-refractivity contribution in [3.05, 3.63) is 18.4 Å². The van der Waals surface area contributed by atoms with Crippen molar-refractivity contribution in [1.29, 1.82) is 0 Å². The van der Waals surface area contributed by atoms with E-state index >= 15 is 0 Å². The Labute approximate surface area is 60.1 Å². The maximum absolute atomic E-state index is 10.4. The van der Waals surface area contributed by atoms with E-state index in [4.69, 9.17) is 0 Å². The van der Waals surface area contributed by atoms with E-state index < -0.39 is 0 Å². The number of hydrogen-bond donors (Lipinski definition) is 0. The molecule has 0 saturated heterocycles. The van der Waals surface area contributed by atoms with E-state index in [1.807, 2.05) is 13.8 Å². The van der Waals surface area contributed by atoms with Gasteiger partial charge in [-0.1, -0.05) is 13.8 Å². The third-order valence-electron chi connectivity index (χ3n) is 0.793. The molecule has 0 amide bonds. The molecule has 0 aliphatic heterocycles.